The molecular weight excluding hydrogens is 222 g/mol. The molecule has 0 radical (unpaired) electrons. The van der Waals surface area contributed by atoms with Crippen LogP contribution >= 0.6 is 0 Å². The van der Waals surface area contributed by atoms with Crippen molar-refractivity contribution in [2.45, 2.75) is 52.4 Å². The first-order valence-electron chi connectivity index (χ1n) is 7.14. The van der Waals surface area contributed by atoms with E-state index in [9.17, 15) is 0 Å². The topological polar surface area (TPSA) is 21.3 Å². The van der Waals surface area contributed by atoms with Gasteiger partial charge < -0.3 is 10.1 Å². The highest BCUT2D eigenvalue weighted by atomic mass is 16.5. The van der Waals surface area contributed by atoms with Crippen molar-refractivity contribution < 1.29 is 4.74 Å². The average molecular weight is 249 g/mol. The highest BCUT2D eigenvalue weighted by Gasteiger charge is 2.10. The van der Waals surface area contributed by atoms with Gasteiger partial charge in [-0.1, -0.05) is 32.8 Å². The maximum absolute atomic E-state index is 5.56. The molecule has 2 nitrogen and oxygen atoms in total. The third kappa shape index (κ3) is 3.94. The van der Waals surface area contributed by atoms with E-state index in [1.807, 2.05) is 7.05 Å². The normalized spacial score (nSPS) is 10.4. The zero-order valence-electron chi connectivity index (χ0n) is 12.3. The summed E-state index contributed by atoms with van der Waals surface area (Å²) in [4.78, 5) is 0. The van der Waals surface area contributed by atoms with Crippen LogP contribution in [0.3, 0.4) is 0 Å². The largest absolute Gasteiger partial charge is 0.494 e. The second-order valence-corrected chi connectivity index (χ2v) is 4.79. The fourth-order valence-corrected chi connectivity index (χ4v) is 2.26. The summed E-state index contributed by atoms with van der Waals surface area (Å²) in [6.07, 6.45) is 7.20. The Hall–Kier alpha value is -1.18. The average Bonchev–Trinajstić information content (AvgIpc) is 2.41. The summed E-state index contributed by atoms with van der Waals surface area (Å²) < 4.78 is 5.56. The van der Waals surface area contributed by atoms with Crippen molar-refractivity contribution in [1.29, 1.82) is 0 Å². The predicted molar refractivity (Wildman–Crippen MR) is 79.8 cm³/mol. The molecule has 0 amide bonds. The maximum Gasteiger partial charge on any atom is 0.145 e. The van der Waals surface area contributed by atoms with E-state index in [0.29, 0.717) is 0 Å². The van der Waals surface area contributed by atoms with E-state index in [2.05, 4.69) is 31.3 Å². The van der Waals surface area contributed by atoms with Gasteiger partial charge in [-0.05, 0) is 42.9 Å². The molecule has 0 aliphatic carbocycles. The Morgan fingerprint density at radius 2 is 1.72 bits per heavy atom. The van der Waals surface area contributed by atoms with Crippen LogP contribution in [0.5, 0.6) is 5.75 Å². The number of hydrogen-bond donors (Lipinski definition) is 1. The standard InChI is InChI=1S/C16H27NO/c1-5-7-9-13-11-14(10-8-6-2)16(18-4)15(12-13)17-3/h11-12,17H,5-10H2,1-4H3. The minimum Gasteiger partial charge on any atom is -0.494 e. The molecule has 0 heterocycles. The highest BCUT2D eigenvalue weighted by Crippen LogP contribution is 2.32. The number of hydrogen-bond acceptors (Lipinski definition) is 2. The van der Waals surface area contributed by atoms with Gasteiger partial charge in [-0.3, -0.25) is 0 Å². The summed E-state index contributed by atoms with van der Waals surface area (Å²) in [6.45, 7) is 4.47. The smallest absolute Gasteiger partial charge is 0.145 e. The third-order valence-electron chi connectivity index (χ3n) is 3.32. The quantitative estimate of drug-likeness (QED) is 0.736. The molecule has 0 unspecified atom stereocenters. The van der Waals surface area contributed by atoms with Gasteiger partial charge in [0.1, 0.15) is 5.75 Å². The Labute approximate surface area is 112 Å². The second kappa shape index (κ2) is 8.02. The van der Waals surface area contributed by atoms with Crippen molar-refractivity contribution in [1.82, 2.24) is 0 Å². The van der Waals surface area contributed by atoms with Gasteiger partial charge in [0, 0.05) is 7.05 Å². The SMILES string of the molecule is CCCCc1cc(CCCC)c(OC)c(NC)c1. The Balaban J connectivity index is 3.01. The van der Waals surface area contributed by atoms with E-state index in [-0.39, 0.29) is 0 Å². The van der Waals surface area contributed by atoms with Crippen LogP contribution in [0.4, 0.5) is 5.69 Å². The van der Waals surface area contributed by atoms with Gasteiger partial charge in [0.2, 0.25) is 0 Å². The van der Waals surface area contributed by atoms with E-state index >= 15 is 0 Å². The minimum absolute atomic E-state index is 1.02. The van der Waals surface area contributed by atoms with Gasteiger partial charge in [0.15, 0.2) is 0 Å². The predicted octanol–water partition coefficient (Wildman–Crippen LogP) is 4.42. The lowest BCUT2D eigenvalue weighted by Gasteiger charge is -2.15. The molecule has 1 aromatic carbocycles. The number of methoxy groups -OCH3 is 1. The van der Waals surface area contributed by atoms with Crippen molar-refractivity contribution in [3.8, 4) is 5.75 Å². The number of ether oxygens (including phenoxy) is 1. The Kier molecular flexibility index (Phi) is 6.63. The molecule has 0 spiro atoms. The van der Waals surface area contributed by atoms with Gasteiger partial charge in [-0.15, -0.1) is 0 Å². The molecule has 0 aromatic heterocycles. The van der Waals surface area contributed by atoms with Gasteiger partial charge in [0.25, 0.3) is 0 Å². The fraction of sp³-hybridized carbons (Fsp3) is 0.625. The number of rotatable bonds is 8. The van der Waals surface area contributed by atoms with E-state index in [4.69, 9.17) is 4.74 Å². The lowest BCUT2D eigenvalue weighted by molar-refractivity contribution is 0.410. The molecule has 18 heavy (non-hydrogen) atoms. The Morgan fingerprint density at radius 1 is 1.06 bits per heavy atom. The summed E-state index contributed by atoms with van der Waals surface area (Å²) in [6, 6.07) is 4.55. The fourth-order valence-electron chi connectivity index (χ4n) is 2.26. The molecule has 0 aliphatic heterocycles. The Bertz CT molecular complexity index is 360. The second-order valence-electron chi connectivity index (χ2n) is 4.79. The summed E-state index contributed by atoms with van der Waals surface area (Å²) in [7, 11) is 3.72. The van der Waals surface area contributed by atoms with E-state index < -0.39 is 0 Å². The monoisotopic (exact) mass is 249 g/mol. The number of aryl methyl sites for hydroxylation is 2. The summed E-state index contributed by atoms with van der Waals surface area (Å²) >= 11 is 0. The molecule has 2 heteroatoms. The van der Waals surface area contributed by atoms with Crippen molar-refractivity contribution in [3.63, 3.8) is 0 Å². The summed E-state index contributed by atoms with van der Waals surface area (Å²) in [5, 5.41) is 3.26. The maximum atomic E-state index is 5.56. The van der Waals surface area contributed by atoms with Crippen molar-refractivity contribution in [3.05, 3.63) is 23.3 Å². The first-order valence-corrected chi connectivity index (χ1v) is 7.14. The van der Waals surface area contributed by atoms with Crippen molar-refractivity contribution in [2.75, 3.05) is 19.5 Å². The molecule has 1 aromatic rings. The van der Waals surface area contributed by atoms with Crippen LogP contribution in [0, 0.1) is 0 Å². The lowest BCUT2D eigenvalue weighted by Crippen LogP contribution is -2.01. The first-order chi connectivity index (χ1) is 8.76. The zero-order chi connectivity index (χ0) is 13.4. The van der Waals surface area contributed by atoms with Gasteiger partial charge in [0.05, 0.1) is 12.8 Å². The van der Waals surface area contributed by atoms with Crippen molar-refractivity contribution in [2.24, 2.45) is 0 Å². The van der Waals surface area contributed by atoms with E-state index in [1.54, 1.807) is 7.11 Å². The number of unbranched alkanes of at least 4 members (excludes halogenated alkanes) is 2. The van der Waals surface area contributed by atoms with Crippen LogP contribution in [0.2, 0.25) is 0 Å². The highest BCUT2D eigenvalue weighted by molar-refractivity contribution is 5.62. The van der Waals surface area contributed by atoms with Crippen LogP contribution in [0.1, 0.15) is 50.7 Å². The lowest BCUT2D eigenvalue weighted by atomic mass is 9.99. The molecular formula is C16H27NO. The number of anilines is 1. The molecule has 0 aliphatic rings. The van der Waals surface area contributed by atoms with Gasteiger partial charge in [-0.2, -0.15) is 0 Å². The van der Waals surface area contributed by atoms with Gasteiger partial charge >= 0.3 is 0 Å². The van der Waals surface area contributed by atoms with Gasteiger partial charge in [-0.25, -0.2) is 0 Å². The third-order valence-corrected chi connectivity index (χ3v) is 3.32. The molecule has 0 saturated heterocycles. The van der Waals surface area contributed by atoms with E-state index in [1.165, 1.54) is 36.8 Å². The van der Waals surface area contributed by atoms with Crippen LogP contribution in [0.15, 0.2) is 12.1 Å². The molecule has 1 N–H and O–H groups in total. The van der Waals surface area contributed by atoms with Crippen LogP contribution < -0.4 is 10.1 Å². The molecule has 0 fully saturated rings. The molecule has 1 rings (SSSR count). The molecule has 0 atom stereocenters. The van der Waals surface area contributed by atoms with E-state index in [0.717, 1.165) is 24.3 Å². The van der Waals surface area contributed by atoms with Crippen molar-refractivity contribution >= 4 is 5.69 Å². The minimum atomic E-state index is 1.02. The molecule has 0 bridgehead atoms. The molecule has 0 saturated carbocycles. The van der Waals surface area contributed by atoms with Crippen LogP contribution in [0.25, 0.3) is 0 Å². The zero-order valence-corrected chi connectivity index (χ0v) is 12.3. The number of nitrogens with one attached hydrogen (secondary N) is 1. The summed E-state index contributed by atoms with van der Waals surface area (Å²) in [5.41, 5.74) is 3.89. The van der Waals surface area contributed by atoms with Crippen LogP contribution in [-0.4, -0.2) is 14.2 Å². The first kappa shape index (κ1) is 14.9. The summed E-state index contributed by atoms with van der Waals surface area (Å²) in [5.74, 6) is 1.02. The number of benzene rings is 1. The van der Waals surface area contributed by atoms with Crippen LogP contribution in [-0.2, 0) is 12.8 Å². The molecule has 102 valence electrons. The Morgan fingerprint density at radius 3 is 2.28 bits per heavy atom.